The Balaban J connectivity index is 1.67. The zero-order chi connectivity index (χ0) is 20.6. The van der Waals surface area contributed by atoms with E-state index in [0.717, 1.165) is 5.69 Å². The van der Waals surface area contributed by atoms with E-state index >= 15 is 0 Å². The van der Waals surface area contributed by atoms with Crippen LogP contribution in [0.1, 0.15) is 29.9 Å². The van der Waals surface area contributed by atoms with Gasteiger partial charge in [-0.2, -0.15) is 0 Å². The number of rotatable bonds is 7. The van der Waals surface area contributed by atoms with Crippen molar-refractivity contribution in [1.82, 2.24) is 10.3 Å². The van der Waals surface area contributed by atoms with Gasteiger partial charge in [0.05, 0.1) is 22.6 Å². The molecule has 1 aromatic heterocycles. The molecule has 0 atom stereocenters. The molecule has 3 amide bonds. The number of nitrogens with one attached hydrogen (secondary N) is 3. The van der Waals surface area contributed by atoms with Crippen LogP contribution in [0.15, 0.2) is 59.4 Å². The minimum atomic E-state index is -0.334. The van der Waals surface area contributed by atoms with Crippen LogP contribution in [0, 0.1) is 0 Å². The average Bonchev–Trinajstić information content (AvgIpc) is 3.21. The fraction of sp³-hybridized carbons (Fsp3) is 0.190. The Kier molecular flexibility index (Phi) is 6.80. The van der Waals surface area contributed by atoms with Crippen LogP contribution in [0.5, 0.6) is 5.75 Å². The van der Waals surface area contributed by atoms with Gasteiger partial charge >= 0.3 is 6.03 Å². The number of nitrogens with zero attached hydrogens (tertiary/aromatic N) is 1. The zero-order valence-corrected chi connectivity index (χ0v) is 17.0. The van der Waals surface area contributed by atoms with Crippen molar-refractivity contribution in [3.63, 3.8) is 0 Å². The first kappa shape index (κ1) is 20.3. The molecule has 3 rings (SSSR count). The quantitative estimate of drug-likeness (QED) is 0.535. The Bertz CT molecular complexity index is 974. The maximum atomic E-state index is 12.7. The number of carbonyl (C=O) groups is 2. The summed E-state index contributed by atoms with van der Waals surface area (Å²) >= 11 is 1.50. The first-order chi connectivity index (χ1) is 14.0. The number of benzene rings is 2. The van der Waals surface area contributed by atoms with Crippen molar-refractivity contribution in [3.8, 4) is 5.75 Å². The van der Waals surface area contributed by atoms with E-state index in [1.54, 1.807) is 54.0 Å². The number of aromatic nitrogens is 1. The number of para-hydroxylation sites is 2. The second-order valence-electron chi connectivity index (χ2n) is 6.55. The molecule has 0 fully saturated rings. The normalized spacial score (nSPS) is 10.4. The van der Waals surface area contributed by atoms with Crippen molar-refractivity contribution in [2.45, 2.75) is 26.5 Å². The Hall–Kier alpha value is -3.39. The Morgan fingerprint density at radius 2 is 1.83 bits per heavy atom. The zero-order valence-electron chi connectivity index (χ0n) is 16.1. The summed E-state index contributed by atoms with van der Waals surface area (Å²) in [7, 11) is 0. The van der Waals surface area contributed by atoms with Crippen molar-refractivity contribution in [2.75, 3.05) is 10.6 Å². The van der Waals surface area contributed by atoms with Crippen LogP contribution in [0.25, 0.3) is 0 Å². The summed E-state index contributed by atoms with van der Waals surface area (Å²) in [6.45, 7) is 4.08. The van der Waals surface area contributed by atoms with Gasteiger partial charge in [-0.1, -0.05) is 18.2 Å². The predicted molar refractivity (Wildman–Crippen MR) is 115 cm³/mol. The molecule has 0 radical (unpaired) electrons. The van der Waals surface area contributed by atoms with E-state index in [9.17, 15) is 9.59 Å². The number of carbonyl (C=O) groups excluding carboxylic acids is 2. The summed E-state index contributed by atoms with van der Waals surface area (Å²) in [5.74, 6) is 0.274. The van der Waals surface area contributed by atoms with Gasteiger partial charge in [-0.25, -0.2) is 9.78 Å². The van der Waals surface area contributed by atoms with Gasteiger partial charge in [-0.05, 0) is 44.2 Å². The summed E-state index contributed by atoms with van der Waals surface area (Å²) in [5, 5.41) is 10.3. The summed E-state index contributed by atoms with van der Waals surface area (Å²) < 4.78 is 5.70. The number of ether oxygens (including phenoxy) is 1. The topological polar surface area (TPSA) is 92.4 Å². The van der Waals surface area contributed by atoms with Crippen LogP contribution in [-0.2, 0) is 6.61 Å². The molecule has 0 saturated heterocycles. The predicted octanol–water partition coefficient (Wildman–Crippen LogP) is 4.50. The average molecular weight is 410 g/mol. The molecule has 0 bridgehead atoms. The second kappa shape index (κ2) is 9.70. The van der Waals surface area contributed by atoms with Gasteiger partial charge in [-0.15, -0.1) is 11.3 Å². The lowest BCUT2D eigenvalue weighted by atomic mass is 10.2. The van der Waals surface area contributed by atoms with Crippen LogP contribution >= 0.6 is 11.3 Å². The van der Waals surface area contributed by atoms with Gasteiger partial charge < -0.3 is 20.7 Å². The van der Waals surface area contributed by atoms with Crippen molar-refractivity contribution < 1.29 is 14.3 Å². The Labute approximate surface area is 173 Å². The fourth-order valence-electron chi connectivity index (χ4n) is 2.51. The van der Waals surface area contributed by atoms with E-state index in [1.165, 1.54) is 11.3 Å². The highest BCUT2D eigenvalue weighted by Gasteiger charge is 2.12. The van der Waals surface area contributed by atoms with Crippen LogP contribution in [0.3, 0.4) is 0 Å². The van der Waals surface area contributed by atoms with Crippen molar-refractivity contribution in [3.05, 3.63) is 70.7 Å². The minimum absolute atomic E-state index is 0.00349. The Morgan fingerprint density at radius 3 is 2.52 bits per heavy atom. The van der Waals surface area contributed by atoms with E-state index in [4.69, 9.17) is 4.74 Å². The minimum Gasteiger partial charge on any atom is -0.487 e. The lowest BCUT2D eigenvalue weighted by Gasteiger charge is -2.14. The SMILES string of the molecule is CC(C)NC(=O)Nc1ccccc1NC(=O)c1cccc(OCc2cscn2)c1. The van der Waals surface area contributed by atoms with Crippen molar-refractivity contribution in [1.29, 1.82) is 0 Å². The highest BCUT2D eigenvalue weighted by Crippen LogP contribution is 2.23. The molecule has 8 heteroatoms. The van der Waals surface area contributed by atoms with Crippen LogP contribution < -0.4 is 20.7 Å². The highest BCUT2D eigenvalue weighted by molar-refractivity contribution is 7.07. The number of amides is 3. The molecule has 0 unspecified atom stereocenters. The monoisotopic (exact) mass is 410 g/mol. The fourth-order valence-corrected chi connectivity index (χ4v) is 3.05. The molecule has 7 nitrogen and oxygen atoms in total. The summed E-state index contributed by atoms with van der Waals surface area (Å²) in [6.07, 6.45) is 0. The van der Waals surface area contributed by atoms with E-state index in [-0.39, 0.29) is 18.0 Å². The molecule has 3 aromatic rings. The summed E-state index contributed by atoms with van der Waals surface area (Å²) in [5.41, 5.74) is 4.04. The van der Waals surface area contributed by atoms with Gasteiger partial charge in [0.2, 0.25) is 0 Å². The third-order valence-corrected chi connectivity index (χ3v) is 4.44. The third kappa shape index (κ3) is 6.05. The first-order valence-corrected chi connectivity index (χ1v) is 10.0. The molecule has 1 heterocycles. The molecule has 29 heavy (non-hydrogen) atoms. The number of anilines is 2. The molecule has 0 spiro atoms. The van der Waals surface area contributed by atoms with Crippen LogP contribution in [0.2, 0.25) is 0 Å². The third-order valence-electron chi connectivity index (χ3n) is 3.81. The van der Waals surface area contributed by atoms with Gasteiger partial charge in [0, 0.05) is 17.0 Å². The molecule has 2 aromatic carbocycles. The van der Waals surface area contributed by atoms with Gasteiger partial charge in [0.15, 0.2) is 0 Å². The molecule has 0 aliphatic rings. The molecular formula is C21H22N4O3S. The van der Waals surface area contributed by atoms with E-state index in [1.807, 2.05) is 19.2 Å². The number of hydrogen-bond acceptors (Lipinski definition) is 5. The first-order valence-electron chi connectivity index (χ1n) is 9.09. The standard InChI is InChI=1S/C21H22N4O3S/c1-14(2)23-21(27)25-19-9-4-3-8-18(19)24-20(26)15-6-5-7-17(10-15)28-11-16-12-29-13-22-16/h3-10,12-14H,11H2,1-2H3,(H,24,26)(H2,23,25,27). The van der Waals surface area contributed by atoms with Gasteiger partial charge in [-0.3, -0.25) is 4.79 Å². The summed E-state index contributed by atoms with van der Waals surface area (Å²) in [6, 6.07) is 13.6. The van der Waals surface area contributed by atoms with E-state index in [0.29, 0.717) is 29.3 Å². The number of thiazole rings is 1. The molecule has 0 saturated carbocycles. The van der Waals surface area contributed by atoms with Crippen LogP contribution in [-0.4, -0.2) is 23.0 Å². The molecule has 0 aliphatic carbocycles. The van der Waals surface area contributed by atoms with Crippen molar-refractivity contribution in [2.24, 2.45) is 0 Å². The van der Waals surface area contributed by atoms with Crippen molar-refractivity contribution >= 4 is 34.6 Å². The smallest absolute Gasteiger partial charge is 0.319 e. The second-order valence-corrected chi connectivity index (χ2v) is 7.27. The number of hydrogen-bond donors (Lipinski definition) is 3. The van der Waals surface area contributed by atoms with Crippen LogP contribution in [0.4, 0.5) is 16.2 Å². The van der Waals surface area contributed by atoms with Gasteiger partial charge in [0.25, 0.3) is 5.91 Å². The molecule has 0 aliphatic heterocycles. The maximum Gasteiger partial charge on any atom is 0.319 e. The molecular weight excluding hydrogens is 388 g/mol. The van der Waals surface area contributed by atoms with Gasteiger partial charge in [0.1, 0.15) is 12.4 Å². The number of urea groups is 1. The Morgan fingerprint density at radius 1 is 1.07 bits per heavy atom. The van der Waals surface area contributed by atoms with E-state index in [2.05, 4.69) is 20.9 Å². The summed E-state index contributed by atoms with van der Waals surface area (Å²) in [4.78, 5) is 28.9. The lowest BCUT2D eigenvalue weighted by Crippen LogP contribution is -2.34. The maximum absolute atomic E-state index is 12.7. The largest absolute Gasteiger partial charge is 0.487 e. The highest BCUT2D eigenvalue weighted by atomic mass is 32.1. The van der Waals surface area contributed by atoms with E-state index < -0.39 is 0 Å². The lowest BCUT2D eigenvalue weighted by molar-refractivity contribution is 0.102. The molecule has 3 N–H and O–H groups in total. The molecule has 150 valence electrons.